The number of anilines is 1. The average Bonchev–Trinajstić information content (AvgIpc) is 2.38. The van der Waals surface area contributed by atoms with Crippen molar-refractivity contribution >= 4 is 5.69 Å². The van der Waals surface area contributed by atoms with Crippen LogP contribution in [-0.4, -0.2) is 0 Å². The highest BCUT2D eigenvalue weighted by molar-refractivity contribution is 5.45. The second kappa shape index (κ2) is 5.22. The van der Waals surface area contributed by atoms with Crippen LogP contribution in [0.3, 0.4) is 0 Å². The molecule has 0 amide bonds. The van der Waals surface area contributed by atoms with E-state index in [0.29, 0.717) is 5.56 Å². The van der Waals surface area contributed by atoms with E-state index in [0.717, 1.165) is 6.07 Å². The van der Waals surface area contributed by atoms with Gasteiger partial charge in [0.2, 0.25) is 0 Å². The summed E-state index contributed by atoms with van der Waals surface area (Å²) in [5.41, 5.74) is 5.46. The molecule has 0 atom stereocenters. The molecule has 2 aromatic rings. The molecule has 0 saturated heterocycles. The smallest absolute Gasteiger partial charge is 0.146 e. The van der Waals surface area contributed by atoms with Crippen molar-refractivity contribution in [3.63, 3.8) is 0 Å². The predicted molar refractivity (Wildman–Crippen MR) is 66.2 cm³/mol. The van der Waals surface area contributed by atoms with E-state index in [2.05, 4.69) is 0 Å². The van der Waals surface area contributed by atoms with Crippen LogP contribution < -0.4 is 10.5 Å². The van der Waals surface area contributed by atoms with Crippen LogP contribution in [0.4, 0.5) is 18.9 Å². The number of hydrogen-bond donors (Lipinski definition) is 1. The molecule has 0 spiro atoms. The SMILES string of the molecule is Cc1ccc(F)c(COc2ccc(F)c(N)c2)c1F. The topological polar surface area (TPSA) is 35.2 Å². The van der Waals surface area contributed by atoms with E-state index in [1.807, 2.05) is 0 Å². The van der Waals surface area contributed by atoms with E-state index in [4.69, 9.17) is 10.5 Å². The Bertz CT molecular complexity index is 614. The third-order valence-corrected chi connectivity index (χ3v) is 2.73. The second-order valence-corrected chi connectivity index (χ2v) is 4.13. The minimum atomic E-state index is -0.682. The van der Waals surface area contributed by atoms with Crippen molar-refractivity contribution in [2.24, 2.45) is 0 Å². The summed E-state index contributed by atoms with van der Waals surface area (Å²) in [6.07, 6.45) is 0. The molecule has 5 heteroatoms. The van der Waals surface area contributed by atoms with Gasteiger partial charge in [0.05, 0.1) is 11.3 Å². The zero-order valence-corrected chi connectivity index (χ0v) is 10.2. The summed E-state index contributed by atoms with van der Waals surface area (Å²) in [5.74, 6) is -1.65. The standard InChI is InChI=1S/C14H12F3NO/c1-8-2-4-11(15)10(14(8)17)7-19-9-3-5-12(16)13(18)6-9/h2-6H,7,18H2,1H3. The monoisotopic (exact) mass is 267 g/mol. The lowest BCUT2D eigenvalue weighted by atomic mass is 10.1. The van der Waals surface area contributed by atoms with E-state index < -0.39 is 17.5 Å². The molecule has 0 aliphatic rings. The van der Waals surface area contributed by atoms with Gasteiger partial charge in [0.25, 0.3) is 0 Å². The fourth-order valence-electron chi connectivity index (χ4n) is 1.61. The quantitative estimate of drug-likeness (QED) is 0.863. The van der Waals surface area contributed by atoms with Gasteiger partial charge in [0.15, 0.2) is 0 Å². The first kappa shape index (κ1) is 13.3. The van der Waals surface area contributed by atoms with Gasteiger partial charge in [-0.1, -0.05) is 6.07 Å². The highest BCUT2D eigenvalue weighted by atomic mass is 19.1. The first-order chi connectivity index (χ1) is 8.99. The molecule has 2 aromatic carbocycles. The predicted octanol–water partition coefficient (Wildman–Crippen LogP) is 3.57. The molecule has 100 valence electrons. The van der Waals surface area contributed by atoms with Gasteiger partial charge in [0.1, 0.15) is 29.8 Å². The lowest BCUT2D eigenvalue weighted by Gasteiger charge is -2.10. The Hall–Kier alpha value is -2.17. The molecule has 0 aromatic heterocycles. The molecule has 0 aliphatic carbocycles. The summed E-state index contributed by atoms with van der Waals surface area (Å²) in [4.78, 5) is 0. The summed E-state index contributed by atoms with van der Waals surface area (Å²) in [6.45, 7) is 1.25. The highest BCUT2D eigenvalue weighted by Gasteiger charge is 2.12. The number of benzene rings is 2. The zero-order chi connectivity index (χ0) is 14.0. The van der Waals surface area contributed by atoms with E-state index in [1.54, 1.807) is 0 Å². The molecule has 0 aliphatic heterocycles. The van der Waals surface area contributed by atoms with Crippen LogP contribution in [0, 0.1) is 24.4 Å². The van der Waals surface area contributed by atoms with Crippen molar-refractivity contribution < 1.29 is 17.9 Å². The Balaban J connectivity index is 2.19. The fourth-order valence-corrected chi connectivity index (χ4v) is 1.61. The molecular formula is C14H12F3NO. The molecule has 2 rings (SSSR count). The summed E-state index contributed by atoms with van der Waals surface area (Å²) >= 11 is 0. The molecule has 0 unspecified atom stereocenters. The Morgan fingerprint density at radius 3 is 2.42 bits per heavy atom. The maximum Gasteiger partial charge on any atom is 0.146 e. The minimum Gasteiger partial charge on any atom is -0.489 e. The number of aryl methyl sites for hydroxylation is 1. The fraction of sp³-hybridized carbons (Fsp3) is 0.143. The molecule has 0 heterocycles. The summed E-state index contributed by atoms with van der Waals surface area (Å²) in [6, 6.07) is 6.27. The Morgan fingerprint density at radius 2 is 1.74 bits per heavy atom. The number of rotatable bonds is 3. The zero-order valence-electron chi connectivity index (χ0n) is 10.2. The molecule has 0 radical (unpaired) electrons. The normalized spacial score (nSPS) is 10.5. The van der Waals surface area contributed by atoms with Gasteiger partial charge in [-0.3, -0.25) is 0 Å². The van der Waals surface area contributed by atoms with E-state index in [1.165, 1.54) is 31.2 Å². The molecular weight excluding hydrogens is 255 g/mol. The summed E-state index contributed by atoms with van der Waals surface area (Å²) in [7, 11) is 0. The van der Waals surface area contributed by atoms with Gasteiger partial charge in [-0.2, -0.15) is 0 Å². The second-order valence-electron chi connectivity index (χ2n) is 4.13. The summed E-state index contributed by atoms with van der Waals surface area (Å²) < 4.78 is 45.3. The molecule has 2 N–H and O–H groups in total. The van der Waals surface area contributed by atoms with Gasteiger partial charge < -0.3 is 10.5 Å². The van der Waals surface area contributed by atoms with E-state index in [-0.39, 0.29) is 23.6 Å². The Labute approximate surface area is 108 Å². The molecule has 0 fully saturated rings. The number of nitrogens with two attached hydrogens (primary N) is 1. The van der Waals surface area contributed by atoms with Crippen LogP contribution >= 0.6 is 0 Å². The van der Waals surface area contributed by atoms with E-state index in [9.17, 15) is 13.2 Å². The molecule has 0 bridgehead atoms. The maximum atomic E-state index is 13.7. The van der Waals surface area contributed by atoms with Crippen molar-refractivity contribution in [2.75, 3.05) is 5.73 Å². The van der Waals surface area contributed by atoms with Gasteiger partial charge >= 0.3 is 0 Å². The van der Waals surface area contributed by atoms with Crippen LogP contribution in [0.1, 0.15) is 11.1 Å². The number of halogens is 3. The third-order valence-electron chi connectivity index (χ3n) is 2.73. The van der Waals surface area contributed by atoms with Gasteiger partial charge in [-0.25, -0.2) is 13.2 Å². The highest BCUT2D eigenvalue weighted by Crippen LogP contribution is 2.22. The first-order valence-electron chi connectivity index (χ1n) is 5.60. The minimum absolute atomic E-state index is 0.0808. The summed E-state index contributed by atoms with van der Waals surface area (Å²) in [5, 5.41) is 0. The van der Waals surface area contributed by atoms with Crippen molar-refractivity contribution in [3.05, 3.63) is 58.9 Å². The number of hydrogen-bond acceptors (Lipinski definition) is 2. The van der Waals surface area contributed by atoms with Gasteiger partial charge in [-0.05, 0) is 30.7 Å². The van der Waals surface area contributed by atoms with Crippen LogP contribution in [0.2, 0.25) is 0 Å². The van der Waals surface area contributed by atoms with Crippen LogP contribution in [0.15, 0.2) is 30.3 Å². The number of nitrogen functional groups attached to an aromatic ring is 1. The van der Waals surface area contributed by atoms with Crippen LogP contribution in [0.25, 0.3) is 0 Å². The van der Waals surface area contributed by atoms with Crippen molar-refractivity contribution in [3.8, 4) is 5.75 Å². The maximum absolute atomic E-state index is 13.7. The largest absolute Gasteiger partial charge is 0.489 e. The van der Waals surface area contributed by atoms with Gasteiger partial charge in [-0.15, -0.1) is 0 Å². The molecule has 0 saturated carbocycles. The Morgan fingerprint density at radius 1 is 1.05 bits per heavy atom. The molecule has 19 heavy (non-hydrogen) atoms. The lowest BCUT2D eigenvalue weighted by Crippen LogP contribution is -2.04. The van der Waals surface area contributed by atoms with Crippen LogP contribution in [-0.2, 0) is 6.61 Å². The lowest BCUT2D eigenvalue weighted by molar-refractivity contribution is 0.292. The molecule has 2 nitrogen and oxygen atoms in total. The third kappa shape index (κ3) is 2.81. The average molecular weight is 267 g/mol. The first-order valence-corrected chi connectivity index (χ1v) is 5.60. The van der Waals surface area contributed by atoms with Crippen molar-refractivity contribution in [1.29, 1.82) is 0 Å². The van der Waals surface area contributed by atoms with Crippen molar-refractivity contribution in [2.45, 2.75) is 13.5 Å². The van der Waals surface area contributed by atoms with E-state index >= 15 is 0 Å². The van der Waals surface area contributed by atoms with Crippen LogP contribution in [0.5, 0.6) is 5.75 Å². The Kier molecular flexibility index (Phi) is 3.64. The van der Waals surface area contributed by atoms with Crippen molar-refractivity contribution in [1.82, 2.24) is 0 Å². The van der Waals surface area contributed by atoms with Gasteiger partial charge in [0, 0.05) is 6.07 Å². The number of ether oxygens (including phenoxy) is 1.